The van der Waals surface area contributed by atoms with Crippen LogP contribution in [0.15, 0.2) is 18.2 Å². The molecule has 0 radical (unpaired) electrons. The highest BCUT2D eigenvalue weighted by Gasteiger charge is 2.27. The van der Waals surface area contributed by atoms with Gasteiger partial charge in [0.15, 0.2) is 0 Å². The molecule has 1 aliphatic rings. The maximum absolute atomic E-state index is 13.5. The first-order chi connectivity index (χ1) is 7.59. The highest BCUT2D eigenvalue weighted by Crippen LogP contribution is 2.14. The lowest BCUT2D eigenvalue weighted by atomic mass is 10.1. The monoisotopic (exact) mass is 222 g/mol. The van der Waals surface area contributed by atoms with Crippen molar-refractivity contribution in [3.63, 3.8) is 0 Å². The number of benzene rings is 1. The number of hydrogen-bond donors (Lipinski definition) is 1. The van der Waals surface area contributed by atoms with Crippen LogP contribution in [0.2, 0.25) is 0 Å². The van der Waals surface area contributed by atoms with Crippen LogP contribution in [0.3, 0.4) is 0 Å². The molecule has 86 valence electrons. The lowest BCUT2D eigenvalue weighted by molar-refractivity contribution is 0.0676. The van der Waals surface area contributed by atoms with Gasteiger partial charge in [0.25, 0.3) is 5.91 Å². The quantitative estimate of drug-likeness (QED) is 0.815. The van der Waals surface area contributed by atoms with E-state index in [1.807, 2.05) is 6.92 Å². The number of hydrogen-bond acceptors (Lipinski definition) is 2. The summed E-state index contributed by atoms with van der Waals surface area (Å²) in [6.45, 7) is 3.42. The van der Waals surface area contributed by atoms with E-state index >= 15 is 0 Å². The van der Waals surface area contributed by atoms with Crippen LogP contribution in [0.25, 0.3) is 0 Å². The number of aryl methyl sites for hydroxylation is 1. The lowest BCUT2D eigenvalue weighted by Gasteiger charge is -2.35. The number of halogens is 1. The highest BCUT2D eigenvalue weighted by molar-refractivity contribution is 5.94. The van der Waals surface area contributed by atoms with Gasteiger partial charge in [-0.1, -0.05) is 11.6 Å². The molecule has 0 aromatic heterocycles. The van der Waals surface area contributed by atoms with Gasteiger partial charge in [0.05, 0.1) is 11.6 Å². The van der Waals surface area contributed by atoms with E-state index in [0.29, 0.717) is 0 Å². The summed E-state index contributed by atoms with van der Waals surface area (Å²) < 4.78 is 13.5. The van der Waals surface area contributed by atoms with Crippen LogP contribution in [-0.4, -0.2) is 37.0 Å². The van der Waals surface area contributed by atoms with Crippen LogP contribution in [0.5, 0.6) is 0 Å². The van der Waals surface area contributed by atoms with Gasteiger partial charge in [-0.25, -0.2) is 4.39 Å². The van der Waals surface area contributed by atoms with Crippen molar-refractivity contribution in [2.24, 2.45) is 0 Å². The molecule has 0 unspecified atom stereocenters. The fourth-order valence-electron chi connectivity index (χ4n) is 1.71. The van der Waals surface area contributed by atoms with Crippen molar-refractivity contribution in [1.82, 2.24) is 10.2 Å². The number of rotatable bonds is 2. The minimum atomic E-state index is -0.449. The van der Waals surface area contributed by atoms with E-state index in [1.54, 1.807) is 24.1 Å². The predicted molar refractivity (Wildman–Crippen MR) is 59.9 cm³/mol. The van der Waals surface area contributed by atoms with Gasteiger partial charge in [0, 0.05) is 20.1 Å². The van der Waals surface area contributed by atoms with E-state index in [4.69, 9.17) is 0 Å². The fourth-order valence-corrected chi connectivity index (χ4v) is 1.71. The largest absolute Gasteiger partial charge is 0.336 e. The zero-order valence-electron chi connectivity index (χ0n) is 9.46. The van der Waals surface area contributed by atoms with Gasteiger partial charge in [-0.2, -0.15) is 0 Å². The Bertz CT molecular complexity index is 415. The average Bonchev–Trinajstić information content (AvgIpc) is 2.18. The number of likely N-dealkylation sites (N-methyl/N-ethyl adjacent to an activating group) is 1. The molecular formula is C12H15FN2O. The van der Waals surface area contributed by atoms with Gasteiger partial charge >= 0.3 is 0 Å². The molecule has 16 heavy (non-hydrogen) atoms. The molecule has 0 spiro atoms. The summed E-state index contributed by atoms with van der Waals surface area (Å²) in [6, 6.07) is 4.79. The van der Waals surface area contributed by atoms with Gasteiger partial charge in [-0.3, -0.25) is 4.79 Å². The minimum Gasteiger partial charge on any atom is -0.336 e. The summed E-state index contributed by atoms with van der Waals surface area (Å²) in [5.41, 5.74) is 1.05. The van der Waals surface area contributed by atoms with E-state index in [9.17, 15) is 9.18 Å². The summed E-state index contributed by atoms with van der Waals surface area (Å²) in [6.07, 6.45) is 0. The molecule has 4 heteroatoms. The van der Waals surface area contributed by atoms with Crippen LogP contribution >= 0.6 is 0 Å². The highest BCUT2D eigenvalue weighted by atomic mass is 19.1. The Morgan fingerprint density at radius 1 is 1.50 bits per heavy atom. The second-order valence-electron chi connectivity index (χ2n) is 4.21. The predicted octanol–water partition coefficient (Wildman–Crippen LogP) is 1.18. The Hall–Kier alpha value is -1.42. The second kappa shape index (κ2) is 4.22. The molecule has 0 aliphatic carbocycles. The third-order valence-electron chi connectivity index (χ3n) is 2.98. The topological polar surface area (TPSA) is 32.3 Å². The summed E-state index contributed by atoms with van der Waals surface area (Å²) in [5.74, 6) is -0.692. The van der Waals surface area contributed by atoms with Gasteiger partial charge in [-0.05, 0) is 19.1 Å². The van der Waals surface area contributed by atoms with Gasteiger partial charge in [-0.15, -0.1) is 0 Å². The van der Waals surface area contributed by atoms with Crippen LogP contribution < -0.4 is 5.32 Å². The number of nitrogens with one attached hydrogen (secondary N) is 1. The summed E-state index contributed by atoms with van der Waals surface area (Å²) in [5, 5.41) is 3.09. The molecule has 0 saturated carbocycles. The molecule has 1 N–H and O–H groups in total. The normalized spacial score (nSPS) is 15.7. The number of carbonyl (C=O) groups is 1. The summed E-state index contributed by atoms with van der Waals surface area (Å²) in [7, 11) is 1.72. The molecule has 1 fully saturated rings. The van der Waals surface area contributed by atoms with Crippen molar-refractivity contribution >= 4 is 5.91 Å². The van der Waals surface area contributed by atoms with Crippen molar-refractivity contribution in [3.05, 3.63) is 35.1 Å². The van der Waals surface area contributed by atoms with Crippen molar-refractivity contribution < 1.29 is 9.18 Å². The zero-order chi connectivity index (χ0) is 11.7. The number of carbonyl (C=O) groups excluding carboxylic acids is 1. The first-order valence-electron chi connectivity index (χ1n) is 5.33. The van der Waals surface area contributed by atoms with Crippen molar-refractivity contribution in [2.45, 2.75) is 13.0 Å². The molecule has 1 aromatic rings. The van der Waals surface area contributed by atoms with Crippen LogP contribution in [0.1, 0.15) is 15.9 Å². The van der Waals surface area contributed by atoms with Crippen molar-refractivity contribution in [2.75, 3.05) is 20.1 Å². The van der Waals surface area contributed by atoms with Crippen molar-refractivity contribution in [3.8, 4) is 0 Å². The van der Waals surface area contributed by atoms with E-state index in [2.05, 4.69) is 5.32 Å². The molecule has 1 heterocycles. The lowest BCUT2D eigenvalue weighted by Crippen LogP contribution is -2.57. The van der Waals surface area contributed by atoms with E-state index in [0.717, 1.165) is 18.7 Å². The van der Waals surface area contributed by atoms with Crippen molar-refractivity contribution in [1.29, 1.82) is 0 Å². The Morgan fingerprint density at radius 2 is 2.19 bits per heavy atom. The first kappa shape index (κ1) is 11.1. The second-order valence-corrected chi connectivity index (χ2v) is 4.21. The Kier molecular flexibility index (Phi) is 2.92. The Balaban J connectivity index is 2.22. The van der Waals surface area contributed by atoms with Gasteiger partial charge < -0.3 is 10.2 Å². The van der Waals surface area contributed by atoms with Crippen LogP contribution in [-0.2, 0) is 0 Å². The molecule has 0 bridgehead atoms. The molecule has 1 aromatic carbocycles. The van der Waals surface area contributed by atoms with E-state index in [1.165, 1.54) is 6.07 Å². The van der Waals surface area contributed by atoms with Gasteiger partial charge in [0.1, 0.15) is 5.82 Å². The number of amides is 1. The molecule has 0 atom stereocenters. The third-order valence-corrected chi connectivity index (χ3v) is 2.98. The molecule has 1 aliphatic heterocycles. The summed E-state index contributed by atoms with van der Waals surface area (Å²) >= 11 is 0. The Labute approximate surface area is 94.3 Å². The molecular weight excluding hydrogens is 207 g/mol. The SMILES string of the molecule is Cc1ccc(F)c(C(=O)N(C)C2CNC2)c1. The fraction of sp³-hybridized carbons (Fsp3) is 0.417. The summed E-state index contributed by atoms with van der Waals surface area (Å²) in [4.78, 5) is 13.6. The zero-order valence-corrected chi connectivity index (χ0v) is 9.46. The average molecular weight is 222 g/mol. The molecule has 2 rings (SSSR count). The molecule has 1 amide bonds. The van der Waals surface area contributed by atoms with Crippen LogP contribution in [0.4, 0.5) is 4.39 Å². The number of nitrogens with zero attached hydrogens (tertiary/aromatic N) is 1. The maximum Gasteiger partial charge on any atom is 0.256 e. The standard InChI is InChI=1S/C12H15FN2O/c1-8-3-4-11(13)10(5-8)12(16)15(2)9-6-14-7-9/h3-5,9,14H,6-7H2,1-2H3. The van der Waals surface area contributed by atoms with Gasteiger partial charge in [0.2, 0.25) is 0 Å². The third kappa shape index (κ3) is 1.93. The molecule has 3 nitrogen and oxygen atoms in total. The minimum absolute atomic E-state index is 0.161. The maximum atomic E-state index is 13.5. The van der Waals surface area contributed by atoms with Crippen LogP contribution in [0, 0.1) is 12.7 Å². The van der Waals surface area contributed by atoms with E-state index in [-0.39, 0.29) is 17.5 Å². The smallest absolute Gasteiger partial charge is 0.256 e. The first-order valence-corrected chi connectivity index (χ1v) is 5.33. The Morgan fingerprint density at radius 3 is 2.75 bits per heavy atom. The van der Waals surface area contributed by atoms with E-state index < -0.39 is 5.82 Å². The molecule has 1 saturated heterocycles.